The van der Waals surface area contributed by atoms with E-state index in [-0.39, 0.29) is 23.4 Å². The third-order valence-electron chi connectivity index (χ3n) is 12.4. The predicted octanol–water partition coefficient (Wildman–Crippen LogP) is 15.6. The van der Waals surface area contributed by atoms with Crippen molar-refractivity contribution in [1.82, 2.24) is 0 Å². The fourth-order valence-electron chi connectivity index (χ4n) is 7.98. The predicted molar refractivity (Wildman–Crippen MR) is 302 cm³/mol. The van der Waals surface area contributed by atoms with Crippen LogP contribution in [0.2, 0.25) is 0 Å². The van der Waals surface area contributed by atoms with Crippen molar-refractivity contribution < 1.29 is 47.6 Å². The summed E-state index contributed by atoms with van der Waals surface area (Å²) in [6.45, 7) is 9.13. The van der Waals surface area contributed by atoms with E-state index in [1.54, 1.807) is 79.2 Å². The molecule has 0 aliphatic carbocycles. The average Bonchev–Trinajstić information content (AvgIpc) is 3.45. The fraction of sp³-hybridized carbons (Fsp3) is 0.375. The van der Waals surface area contributed by atoms with Gasteiger partial charge in [-0.15, -0.1) is 0 Å². The number of nitrogens with zero attached hydrogens (tertiary/aromatic N) is 2. The number of benzene rings is 5. The van der Waals surface area contributed by atoms with Crippen LogP contribution < -0.4 is 18.9 Å². The minimum Gasteiger partial charge on any atom is -0.494 e. The Morgan fingerprint density at radius 3 is 1.01 bits per heavy atom. The Morgan fingerprint density at radius 1 is 0.368 bits per heavy atom. The molecule has 5 aromatic carbocycles. The number of carbonyl (C=O) groups excluding carboxylic acids is 4. The van der Waals surface area contributed by atoms with Crippen LogP contribution in [0.4, 0.5) is 11.4 Å². The van der Waals surface area contributed by atoms with Crippen LogP contribution in [0.3, 0.4) is 0 Å². The van der Waals surface area contributed by atoms with E-state index in [1.165, 1.54) is 95.3 Å². The van der Waals surface area contributed by atoms with Crippen molar-refractivity contribution in [2.45, 2.75) is 128 Å². The van der Waals surface area contributed by atoms with Gasteiger partial charge in [-0.25, -0.2) is 19.2 Å². The van der Waals surface area contributed by atoms with Gasteiger partial charge < -0.3 is 28.4 Å². The molecule has 0 N–H and O–H groups in total. The van der Waals surface area contributed by atoms with E-state index in [4.69, 9.17) is 28.4 Å². The molecule has 0 fully saturated rings. The maximum Gasteiger partial charge on any atom is 0.343 e. The molecule has 12 heteroatoms. The second kappa shape index (κ2) is 36.4. The fourth-order valence-corrected chi connectivity index (χ4v) is 7.98. The molecule has 0 aromatic heterocycles. The van der Waals surface area contributed by atoms with Gasteiger partial charge in [0.05, 0.1) is 48.9 Å². The topological polar surface area (TPSA) is 148 Å². The highest BCUT2D eigenvalue weighted by molar-refractivity contribution is 5.94. The molecule has 0 amide bonds. The zero-order valence-electron chi connectivity index (χ0n) is 44.2. The van der Waals surface area contributed by atoms with Crippen LogP contribution in [-0.4, -0.2) is 62.7 Å². The molecule has 5 aromatic rings. The van der Waals surface area contributed by atoms with E-state index < -0.39 is 11.9 Å². The van der Waals surface area contributed by atoms with Gasteiger partial charge in [0.2, 0.25) is 0 Å². The summed E-state index contributed by atoms with van der Waals surface area (Å²) in [5.41, 5.74) is 3.92. The van der Waals surface area contributed by atoms with Gasteiger partial charge in [0, 0.05) is 30.6 Å². The van der Waals surface area contributed by atoms with Crippen LogP contribution >= 0.6 is 0 Å². The van der Waals surface area contributed by atoms with Gasteiger partial charge in [-0.05, 0) is 122 Å². The van der Waals surface area contributed by atoms with Gasteiger partial charge in [0.25, 0.3) is 0 Å². The minimum atomic E-state index is -0.550. The summed E-state index contributed by atoms with van der Waals surface area (Å²) >= 11 is 0. The number of ether oxygens (including phenoxy) is 6. The van der Waals surface area contributed by atoms with Gasteiger partial charge in [-0.1, -0.05) is 146 Å². The maximum atomic E-state index is 13.0. The van der Waals surface area contributed by atoms with E-state index in [2.05, 4.69) is 23.1 Å². The lowest BCUT2D eigenvalue weighted by molar-refractivity contribution is -0.138. The third-order valence-corrected chi connectivity index (χ3v) is 12.4. The highest BCUT2D eigenvalue weighted by atomic mass is 16.6. The summed E-state index contributed by atoms with van der Waals surface area (Å²) in [4.78, 5) is 57.3. The van der Waals surface area contributed by atoms with Crippen LogP contribution in [0.5, 0.6) is 23.0 Å². The van der Waals surface area contributed by atoms with Crippen molar-refractivity contribution in [3.63, 3.8) is 0 Å². The molecule has 0 bridgehead atoms. The molecule has 0 heterocycles. The molecule has 0 saturated carbocycles. The Kier molecular flexibility index (Phi) is 28.4. The third kappa shape index (κ3) is 25.1. The van der Waals surface area contributed by atoms with Crippen LogP contribution in [0.15, 0.2) is 157 Å². The minimum absolute atomic E-state index is 0.238. The Hall–Kier alpha value is -7.60. The first-order valence-electron chi connectivity index (χ1n) is 27.1. The number of hydrogen-bond donors (Lipinski definition) is 0. The van der Waals surface area contributed by atoms with Crippen LogP contribution in [0.1, 0.15) is 160 Å². The van der Waals surface area contributed by atoms with E-state index >= 15 is 0 Å². The highest BCUT2D eigenvalue weighted by Crippen LogP contribution is 2.24. The molecule has 0 aliphatic rings. The lowest BCUT2D eigenvalue weighted by atomic mass is 10.1. The monoisotopic (exact) mass is 1030 g/mol. The van der Waals surface area contributed by atoms with E-state index in [9.17, 15) is 19.2 Å². The van der Waals surface area contributed by atoms with Crippen molar-refractivity contribution in [3.8, 4) is 23.0 Å². The van der Waals surface area contributed by atoms with Crippen LogP contribution in [-0.2, 0) is 19.1 Å². The van der Waals surface area contributed by atoms with Gasteiger partial charge in [-0.2, -0.15) is 0 Å². The van der Waals surface area contributed by atoms with Crippen LogP contribution in [0, 0.1) is 0 Å². The normalized spacial score (nSPS) is 11.1. The number of carbonyl (C=O) groups is 4. The molecular formula is C64H76N2O10. The standard InChI is InChI=1S/C64H76N2O10/c1-3-61(67)73-46-23-19-15-11-7-5-9-13-17-21-44-71-57-40-36-55(37-41-57)65-49-51-28-32-53(33-29-51)63(69)75-59-26-25-27-60(48-59)76-64(70)54-34-30-52(31-35-54)50-66-56-38-42-58(43-39-56)72-45-22-18-14-10-6-8-12-16-20-24-47-74-62(68)4-2/h3-4,25-43,48-50H,1-2,5-24,44-47H2. The number of rotatable bonds is 38. The first kappa shape index (κ1) is 59.3. The maximum absolute atomic E-state index is 13.0. The molecule has 76 heavy (non-hydrogen) atoms. The first-order chi connectivity index (χ1) is 37.3. The molecule has 0 saturated heterocycles. The molecule has 5 rings (SSSR count). The summed E-state index contributed by atoms with van der Waals surface area (Å²) in [7, 11) is 0. The summed E-state index contributed by atoms with van der Waals surface area (Å²) in [5.74, 6) is 0.315. The number of esters is 4. The van der Waals surface area contributed by atoms with Crippen molar-refractivity contribution in [3.05, 3.63) is 169 Å². The molecule has 0 radical (unpaired) electrons. The second-order valence-electron chi connectivity index (χ2n) is 18.5. The van der Waals surface area contributed by atoms with Gasteiger partial charge in [-0.3, -0.25) is 9.98 Å². The highest BCUT2D eigenvalue weighted by Gasteiger charge is 2.13. The number of hydrogen-bond acceptors (Lipinski definition) is 12. The SMILES string of the molecule is C=CC(=O)OCCCCCCCCCCCCOc1ccc(N=Cc2ccc(C(=O)Oc3cccc(OC(=O)c4ccc(C=Nc5ccc(OCCCCCCCCCCCCOC(=O)C=C)cc5)cc4)c3)cc2)cc1. The number of aliphatic imine (C=N–C) groups is 2. The van der Waals surface area contributed by atoms with Crippen LogP contribution in [0.25, 0.3) is 0 Å². The summed E-state index contributed by atoms with van der Waals surface area (Å²) < 4.78 is 33.1. The molecule has 0 atom stereocenters. The second-order valence-corrected chi connectivity index (χ2v) is 18.5. The Balaban J connectivity index is 0.912. The summed E-state index contributed by atoms with van der Waals surface area (Å²) in [5, 5.41) is 0. The quantitative estimate of drug-likeness (QED) is 0.0123. The largest absolute Gasteiger partial charge is 0.494 e. The van der Waals surface area contributed by atoms with E-state index in [0.717, 1.165) is 85.4 Å². The average molecular weight is 1030 g/mol. The summed E-state index contributed by atoms with van der Waals surface area (Å²) in [6.07, 6.45) is 28.9. The zero-order chi connectivity index (χ0) is 53.7. The van der Waals surface area contributed by atoms with Crippen molar-refractivity contribution in [2.75, 3.05) is 26.4 Å². The molecular weight excluding hydrogens is 957 g/mol. The first-order valence-corrected chi connectivity index (χ1v) is 27.1. The molecule has 402 valence electrons. The van der Waals surface area contributed by atoms with Gasteiger partial charge in [0.15, 0.2) is 0 Å². The lowest BCUT2D eigenvalue weighted by Gasteiger charge is -2.08. The molecule has 0 unspecified atom stereocenters. The Morgan fingerprint density at radius 2 is 0.684 bits per heavy atom. The van der Waals surface area contributed by atoms with Gasteiger partial charge >= 0.3 is 23.9 Å². The Bertz CT molecular complexity index is 2380. The molecule has 0 spiro atoms. The molecule has 12 nitrogen and oxygen atoms in total. The molecule has 0 aliphatic heterocycles. The number of unbranched alkanes of at least 4 members (excludes halogenated alkanes) is 18. The van der Waals surface area contributed by atoms with Crippen molar-refractivity contribution in [1.29, 1.82) is 0 Å². The van der Waals surface area contributed by atoms with E-state index in [0.29, 0.717) is 37.6 Å². The van der Waals surface area contributed by atoms with Crippen molar-refractivity contribution >= 4 is 47.7 Å². The summed E-state index contributed by atoms with van der Waals surface area (Å²) in [6, 6.07) is 35.6. The van der Waals surface area contributed by atoms with Gasteiger partial charge in [0.1, 0.15) is 23.0 Å². The smallest absolute Gasteiger partial charge is 0.343 e. The lowest BCUT2D eigenvalue weighted by Crippen LogP contribution is -2.10. The Labute approximate surface area is 450 Å². The zero-order valence-corrected chi connectivity index (χ0v) is 44.2. The van der Waals surface area contributed by atoms with E-state index in [1.807, 2.05) is 48.5 Å². The van der Waals surface area contributed by atoms with Crippen molar-refractivity contribution in [2.24, 2.45) is 9.98 Å².